The zero-order chi connectivity index (χ0) is 13.9. The fourth-order valence-corrected chi connectivity index (χ4v) is 3.11. The minimum Gasteiger partial charge on any atom is -0.389 e. The normalized spacial score (nSPS) is 27.5. The number of benzene rings is 1. The van der Waals surface area contributed by atoms with Crippen molar-refractivity contribution in [1.29, 1.82) is 0 Å². The molecule has 1 aromatic carbocycles. The van der Waals surface area contributed by atoms with Crippen molar-refractivity contribution in [3.63, 3.8) is 0 Å². The molecule has 0 saturated heterocycles. The molecule has 106 valence electrons. The first kappa shape index (κ1) is 15.3. The van der Waals surface area contributed by atoms with E-state index in [2.05, 4.69) is 28.2 Å². The predicted molar refractivity (Wildman–Crippen MR) is 83.4 cm³/mol. The first-order valence-electron chi connectivity index (χ1n) is 6.85. The van der Waals surface area contributed by atoms with Crippen LogP contribution in [0.5, 0.6) is 0 Å². The van der Waals surface area contributed by atoms with Gasteiger partial charge in [0.2, 0.25) is 0 Å². The fraction of sp³-hybridized carbons (Fsp3) is 0.600. The lowest BCUT2D eigenvalue weighted by atomic mass is 9.79. The summed E-state index contributed by atoms with van der Waals surface area (Å²) in [5, 5.41) is 14.6. The number of nitrogens with one attached hydrogen (secondary N) is 1. The van der Waals surface area contributed by atoms with E-state index in [1.54, 1.807) is 0 Å². The third-order valence-electron chi connectivity index (χ3n) is 3.97. The summed E-state index contributed by atoms with van der Waals surface area (Å²) in [4.78, 5) is 0. The lowest BCUT2D eigenvalue weighted by molar-refractivity contribution is -0.00630. The summed E-state index contributed by atoms with van der Waals surface area (Å²) >= 11 is 9.39. The SMILES string of the molecule is CC1CCC(O)(CNCc2ccc(Cl)c(Br)c2)CC1. The van der Waals surface area contributed by atoms with Crippen LogP contribution in [0.3, 0.4) is 0 Å². The summed E-state index contributed by atoms with van der Waals surface area (Å²) in [6.07, 6.45) is 4.08. The molecule has 0 bridgehead atoms. The Morgan fingerprint density at radius 2 is 2.11 bits per heavy atom. The van der Waals surface area contributed by atoms with Crippen molar-refractivity contribution in [2.75, 3.05) is 6.54 Å². The molecule has 0 unspecified atom stereocenters. The van der Waals surface area contributed by atoms with Gasteiger partial charge in [0.05, 0.1) is 10.6 Å². The Hall–Kier alpha value is -0.0900. The first-order chi connectivity index (χ1) is 8.98. The number of hydrogen-bond donors (Lipinski definition) is 2. The second-order valence-electron chi connectivity index (χ2n) is 5.76. The smallest absolute Gasteiger partial charge is 0.0771 e. The second-order valence-corrected chi connectivity index (χ2v) is 7.02. The van der Waals surface area contributed by atoms with E-state index >= 15 is 0 Å². The Morgan fingerprint density at radius 1 is 1.42 bits per heavy atom. The molecule has 0 radical (unpaired) electrons. The van der Waals surface area contributed by atoms with Crippen LogP contribution in [0.1, 0.15) is 38.2 Å². The molecule has 1 aliphatic carbocycles. The van der Waals surface area contributed by atoms with Crippen LogP contribution < -0.4 is 5.32 Å². The summed E-state index contributed by atoms with van der Waals surface area (Å²) in [7, 11) is 0. The molecule has 0 heterocycles. The van der Waals surface area contributed by atoms with E-state index in [4.69, 9.17) is 11.6 Å². The van der Waals surface area contributed by atoms with Crippen molar-refractivity contribution in [3.05, 3.63) is 33.3 Å². The fourth-order valence-electron chi connectivity index (χ4n) is 2.57. The monoisotopic (exact) mass is 345 g/mol. The lowest BCUT2D eigenvalue weighted by Crippen LogP contribution is -2.43. The number of halogens is 2. The van der Waals surface area contributed by atoms with Gasteiger partial charge in [-0.25, -0.2) is 0 Å². The molecule has 2 rings (SSSR count). The minimum atomic E-state index is -0.518. The van der Waals surface area contributed by atoms with E-state index in [0.717, 1.165) is 47.6 Å². The molecule has 2 N–H and O–H groups in total. The standard InChI is InChI=1S/C15H21BrClNO/c1-11-4-6-15(19,7-5-11)10-18-9-12-2-3-14(17)13(16)8-12/h2-3,8,11,18-19H,4-7,9-10H2,1H3. The highest BCUT2D eigenvalue weighted by Crippen LogP contribution is 2.31. The molecule has 0 aromatic heterocycles. The Balaban J connectivity index is 1.81. The van der Waals surface area contributed by atoms with Crippen LogP contribution in [-0.4, -0.2) is 17.3 Å². The van der Waals surface area contributed by atoms with Crippen molar-refractivity contribution < 1.29 is 5.11 Å². The zero-order valence-electron chi connectivity index (χ0n) is 11.3. The minimum absolute atomic E-state index is 0.518. The zero-order valence-corrected chi connectivity index (χ0v) is 13.6. The first-order valence-corrected chi connectivity index (χ1v) is 8.03. The summed E-state index contributed by atoms with van der Waals surface area (Å²) in [5.74, 6) is 0.757. The highest BCUT2D eigenvalue weighted by Gasteiger charge is 2.31. The maximum Gasteiger partial charge on any atom is 0.0771 e. The maximum absolute atomic E-state index is 10.5. The van der Waals surface area contributed by atoms with Crippen LogP contribution in [0, 0.1) is 5.92 Å². The molecule has 19 heavy (non-hydrogen) atoms. The van der Waals surface area contributed by atoms with Crippen LogP contribution in [0.4, 0.5) is 0 Å². The van der Waals surface area contributed by atoms with Gasteiger partial charge >= 0.3 is 0 Å². The van der Waals surface area contributed by atoms with E-state index in [1.807, 2.05) is 18.2 Å². The van der Waals surface area contributed by atoms with Crippen molar-refractivity contribution in [2.24, 2.45) is 5.92 Å². The van der Waals surface area contributed by atoms with Crippen LogP contribution in [0.2, 0.25) is 5.02 Å². The quantitative estimate of drug-likeness (QED) is 0.859. The molecule has 0 spiro atoms. The van der Waals surface area contributed by atoms with E-state index in [9.17, 15) is 5.11 Å². The van der Waals surface area contributed by atoms with E-state index < -0.39 is 5.60 Å². The Morgan fingerprint density at radius 3 is 2.74 bits per heavy atom. The van der Waals surface area contributed by atoms with Crippen LogP contribution >= 0.6 is 27.5 Å². The predicted octanol–water partition coefficient (Wildman–Crippen LogP) is 4.13. The Kier molecular flexibility index (Phi) is 5.29. The maximum atomic E-state index is 10.5. The van der Waals surface area contributed by atoms with Crippen molar-refractivity contribution in [2.45, 2.75) is 44.8 Å². The van der Waals surface area contributed by atoms with Crippen molar-refractivity contribution in [1.82, 2.24) is 5.32 Å². The lowest BCUT2D eigenvalue weighted by Gasteiger charge is -2.35. The Bertz CT molecular complexity index is 430. The van der Waals surface area contributed by atoms with Gasteiger partial charge in [0.15, 0.2) is 0 Å². The van der Waals surface area contributed by atoms with Crippen LogP contribution in [0.25, 0.3) is 0 Å². The number of aliphatic hydroxyl groups is 1. The molecule has 0 aliphatic heterocycles. The summed E-state index contributed by atoms with van der Waals surface area (Å²) in [5.41, 5.74) is 0.653. The van der Waals surface area contributed by atoms with Gasteiger partial charge in [-0.3, -0.25) is 0 Å². The topological polar surface area (TPSA) is 32.3 Å². The van der Waals surface area contributed by atoms with Gasteiger partial charge in [0.25, 0.3) is 0 Å². The average molecular weight is 347 g/mol. The molecule has 1 saturated carbocycles. The molecule has 1 fully saturated rings. The van der Waals surface area contributed by atoms with Gasteiger partial charge in [-0.15, -0.1) is 0 Å². The van der Waals surface area contributed by atoms with E-state index in [1.165, 1.54) is 5.56 Å². The summed E-state index contributed by atoms with van der Waals surface area (Å²) < 4.78 is 0.915. The average Bonchev–Trinajstić information content (AvgIpc) is 2.38. The van der Waals surface area contributed by atoms with Crippen molar-refractivity contribution in [3.8, 4) is 0 Å². The third kappa shape index (κ3) is 4.45. The number of rotatable bonds is 4. The van der Waals surface area contributed by atoms with Gasteiger partial charge in [-0.05, 0) is 65.2 Å². The second kappa shape index (κ2) is 6.57. The molecule has 0 atom stereocenters. The van der Waals surface area contributed by atoms with Crippen molar-refractivity contribution >= 4 is 27.5 Å². The summed E-state index contributed by atoms with van der Waals surface area (Å²) in [6, 6.07) is 5.91. The molecule has 4 heteroatoms. The van der Waals surface area contributed by atoms with Gasteiger partial charge in [-0.1, -0.05) is 24.6 Å². The number of hydrogen-bond acceptors (Lipinski definition) is 2. The van der Waals surface area contributed by atoms with Crippen LogP contribution in [0.15, 0.2) is 22.7 Å². The van der Waals surface area contributed by atoms with Gasteiger partial charge in [0.1, 0.15) is 0 Å². The third-order valence-corrected chi connectivity index (χ3v) is 5.19. The van der Waals surface area contributed by atoms with E-state index in [0.29, 0.717) is 6.54 Å². The largest absolute Gasteiger partial charge is 0.389 e. The van der Waals surface area contributed by atoms with Crippen LogP contribution in [-0.2, 0) is 6.54 Å². The molecule has 0 amide bonds. The highest BCUT2D eigenvalue weighted by atomic mass is 79.9. The molecular weight excluding hydrogens is 326 g/mol. The molecule has 2 nitrogen and oxygen atoms in total. The van der Waals surface area contributed by atoms with Gasteiger partial charge in [0, 0.05) is 17.6 Å². The molecular formula is C15H21BrClNO. The molecule has 1 aliphatic rings. The molecule has 1 aromatic rings. The highest BCUT2D eigenvalue weighted by molar-refractivity contribution is 9.10. The Labute approximate surface area is 128 Å². The van der Waals surface area contributed by atoms with E-state index in [-0.39, 0.29) is 0 Å². The van der Waals surface area contributed by atoms with Gasteiger partial charge < -0.3 is 10.4 Å². The summed E-state index contributed by atoms with van der Waals surface area (Å²) in [6.45, 7) is 3.69. The van der Waals surface area contributed by atoms with Gasteiger partial charge in [-0.2, -0.15) is 0 Å².